The van der Waals surface area contributed by atoms with E-state index in [9.17, 15) is 18.0 Å². The Kier molecular flexibility index (Phi) is 4.79. The Morgan fingerprint density at radius 1 is 1.25 bits per heavy atom. The van der Waals surface area contributed by atoms with Crippen LogP contribution in [0, 0.1) is 0 Å². The van der Waals surface area contributed by atoms with E-state index in [-0.39, 0.29) is 5.75 Å². The second-order valence-electron chi connectivity index (χ2n) is 5.26. The Balaban J connectivity index is 1.56. The van der Waals surface area contributed by atoms with Crippen LogP contribution in [0.1, 0.15) is 6.42 Å². The summed E-state index contributed by atoms with van der Waals surface area (Å²) in [6.45, 7) is 1.10. The summed E-state index contributed by atoms with van der Waals surface area (Å²) in [6, 6.07) is 4.33. The molecule has 0 radical (unpaired) electrons. The molecule has 2 amide bonds. The van der Waals surface area contributed by atoms with E-state index < -0.39 is 28.9 Å². The number of urea groups is 1. The molecule has 0 saturated carbocycles. The van der Waals surface area contributed by atoms with Gasteiger partial charge in [0.2, 0.25) is 0 Å². The Morgan fingerprint density at radius 2 is 1.92 bits per heavy atom. The van der Waals surface area contributed by atoms with Crippen LogP contribution in [0.25, 0.3) is 0 Å². The number of nitrogens with zero attached hydrogens (tertiary/aromatic N) is 1. The molecule has 2 aliphatic rings. The molecule has 1 atom stereocenters. The fourth-order valence-corrected chi connectivity index (χ4v) is 4.42. The normalized spacial score (nSPS) is 22.9. The molecule has 6 nitrogen and oxygen atoms in total. The summed E-state index contributed by atoms with van der Waals surface area (Å²) in [6.07, 6.45) is -4.04. The number of ether oxygens (including phenoxy) is 3. The molecule has 0 bridgehead atoms. The topological polar surface area (TPSA) is 69.2 Å². The zero-order valence-electron chi connectivity index (χ0n) is 12.5. The van der Waals surface area contributed by atoms with E-state index in [0.29, 0.717) is 36.8 Å². The molecule has 2 heterocycles. The van der Waals surface area contributed by atoms with Crippen molar-refractivity contribution >= 4 is 22.4 Å². The molecule has 1 aromatic carbocycles. The number of benzene rings is 1. The minimum atomic E-state index is -4.75. The maximum atomic E-state index is 12.1. The number of halogens is 3. The Hall–Kier alpha value is -1.65. The molecule has 1 spiro atoms. The fraction of sp³-hybridized carbons (Fsp3) is 0.500. The van der Waals surface area contributed by atoms with Crippen molar-refractivity contribution in [3.05, 3.63) is 24.3 Å². The summed E-state index contributed by atoms with van der Waals surface area (Å²) < 4.78 is 55.2. The lowest BCUT2D eigenvalue weighted by molar-refractivity contribution is -0.274. The minimum Gasteiger partial charge on any atom is -0.406 e. The average Bonchev–Trinajstić information content (AvgIpc) is 3.10. The second kappa shape index (κ2) is 6.69. The Morgan fingerprint density at radius 3 is 2.54 bits per heavy atom. The lowest BCUT2D eigenvalue weighted by Crippen LogP contribution is -2.30. The molecular formula is C14H15F3N2O4S. The van der Waals surface area contributed by atoms with Gasteiger partial charge in [0.05, 0.1) is 19.0 Å². The largest absolute Gasteiger partial charge is 0.573 e. The fourth-order valence-electron chi connectivity index (χ4n) is 2.48. The number of anilines is 1. The van der Waals surface area contributed by atoms with Gasteiger partial charge in [-0.05, 0) is 24.3 Å². The maximum Gasteiger partial charge on any atom is 0.573 e. The summed E-state index contributed by atoms with van der Waals surface area (Å²) in [5.41, 5.74) is 0.337. The first kappa shape index (κ1) is 17.2. The second-order valence-corrected chi connectivity index (χ2v) is 7.07. The van der Waals surface area contributed by atoms with Crippen LogP contribution in [0.5, 0.6) is 5.75 Å². The summed E-state index contributed by atoms with van der Waals surface area (Å²) in [7, 11) is -0.488. The third-order valence-electron chi connectivity index (χ3n) is 3.47. The molecule has 1 N–H and O–H groups in total. The van der Waals surface area contributed by atoms with Gasteiger partial charge in [0.25, 0.3) is 0 Å². The van der Waals surface area contributed by atoms with Crippen molar-refractivity contribution in [3.63, 3.8) is 0 Å². The number of amides is 2. The van der Waals surface area contributed by atoms with Crippen molar-refractivity contribution in [2.45, 2.75) is 18.6 Å². The smallest absolute Gasteiger partial charge is 0.406 e. The SMILES string of the molecule is O=C(N=[S@]1CCC2(C1)OCCO2)Nc1ccc(OC(F)(F)F)cc1. The van der Waals surface area contributed by atoms with Crippen LogP contribution in [-0.4, -0.2) is 42.9 Å². The van der Waals surface area contributed by atoms with Gasteiger partial charge in [-0.1, -0.05) is 10.7 Å². The van der Waals surface area contributed by atoms with Crippen molar-refractivity contribution in [1.82, 2.24) is 0 Å². The number of carbonyl (C=O) groups is 1. The summed E-state index contributed by atoms with van der Waals surface area (Å²) in [5, 5.41) is 2.52. The average molecular weight is 364 g/mol. The number of rotatable bonds is 2. The van der Waals surface area contributed by atoms with Crippen LogP contribution < -0.4 is 10.1 Å². The summed E-state index contributed by atoms with van der Waals surface area (Å²) >= 11 is 0. The molecule has 2 saturated heterocycles. The van der Waals surface area contributed by atoms with Crippen molar-refractivity contribution in [2.75, 3.05) is 30.0 Å². The van der Waals surface area contributed by atoms with Crippen LogP contribution in [0.4, 0.5) is 23.7 Å². The van der Waals surface area contributed by atoms with Gasteiger partial charge in [-0.3, -0.25) is 0 Å². The highest BCUT2D eigenvalue weighted by molar-refractivity contribution is 7.87. The van der Waals surface area contributed by atoms with Crippen molar-refractivity contribution in [1.29, 1.82) is 0 Å². The third kappa shape index (κ3) is 4.46. The lowest BCUT2D eigenvalue weighted by atomic mass is 10.2. The summed E-state index contributed by atoms with van der Waals surface area (Å²) in [5.74, 6) is 0.321. The van der Waals surface area contributed by atoms with Crippen LogP contribution in [0.15, 0.2) is 28.6 Å². The molecule has 3 rings (SSSR count). The predicted molar refractivity (Wildman–Crippen MR) is 80.9 cm³/mol. The van der Waals surface area contributed by atoms with Crippen LogP contribution in [0.2, 0.25) is 0 Å². The molecule has 0 unspecified atom stereocenters. The first-order chi connectivity index (χ1) is 11.3. The maximum absolute atomic E-state index is 12.1. The van der Waals surface area contributed by atoms with Crippen molar-refractivity contribution in [3.8, 4) is 5.75 Å². The molecule has 0 aromatic heterocycles. The number of alkyl halides is 3. The van der Waals surface area contributed by atoms with Crippen LogP contribution >= 0.6 is 0 Å². The van der Waals surface area contributed by atoms with E-state index in [1.807, 2.05) is 0 Å². The minimum absolute atomic E-state index is 0.337. The molecular weight excluding hydrogens is 349 g/mol. The first-order valence-electron chi connectivity index (χ1n) is 7.18. The van der Waals surface area contributed by atoms with E-state index in [1.165, 1.54) is 12.1 Å². The molecule has 1 aromatic rings. The number of hydrogen-bond acceptors (Lipinski definition) is 4. The number of carbonyl (C=O) groups excluding carboxylic acids is 1. The third-order valence-corrected chi connectivity index (χ3v) is 5.34. The standard InChI is InChI=1S/C14H15F3N2O4S/c15-14(16,17)23-11-3-1-10(2-4-11)18-12(20)19-24-8-5-13(9-24)21-6-7-22-13/h1-4H,5-9H2,(H,18,20)/t24-/m0/s1. The van der Waals surface area contributed by atoms with Gasteiger partial charge in [-0.15, -0.1) is 13.2 Å². The predicted octanol–water partition coefficient (Wildman–Crippen LogP) is 3.07. The monoisotopic (exact) mass is 364 g/mol. The quantitative estimate of drug-likeness (QED) is 0.876. The molecule has 132 valence electrons. The van der Waals surface area contributed by atoms with Gasteiger partial charge in [0, 0.05) is 17.9 Å². The summed E-state index contributed by atoms with van der Waals surface area (Å²) in [4.78, 5) is 11.9. The Bertz CT molecular complexity index is 642. The van der Waals surface area contributed by atoms with Gasteiger partial charge in [-0.25, -0.2) is 4.79 Å². The van der Waals surface area contributed by atoms with E-state index in [1.54, 1.807) is 0 Å². The van der Waals surface area contributed by atoms with Gasteiger partial charge in [-0.2, -0.15) is 4.36 Å². The van der Waals surface area contributed by atoms with E-state index in [2.05, 4.69) is 14.4 Å². The lowest BCUT2D eigenvalue weighted by Gasteiger charge is -2.19. The first-order valence-corrected chi connectivity index (χ1v) is 8.70. The number of nitrogens with one attached hydrogen (secondary N) is 1. The van der Waals surface area contributed by atoms with E-state index >= 15 is 0 Å². The van der Waals surface area contributed by atoms with Crippen LogP contribution in [0.3, 0.4) is 0 Å². The van der Waals surface area contributed by atoms with Gasteiger partial charge < -0.3 is 19.5 Å². The molecule has 2 aliphatic heterocycles. The van der Waals surface area contributed by atoms with Gasteiger partial charge in [0.1, 0.15) is 5.75 Å². The zero-order chi connectivity index (χ0) is 17.2. The van der Waals surface area contributed by atoms with Crippen molar-refractivity contribution in [2.24, 2.45) is 4.36 Å². The zero-order valence-corrected chi connectivity index (χ0v) is 13.3. The Labute approximate surface area is 138 Å². The van der Waals surface area contributed by atoms with E-state index in [0.717, 1.165) is 12.1 Å². The molecule has 2 fully saturated rings. The van der Waals surface area contributed by atoms with Crippen molar-refractivity contribution < 1.29 is 32.2 Å². The number of hydrogen-bond donors (Lipinski definition) is 1. The van der Waals surface area contributed by atoms with E-state index in [4.69, 9.17) is 9.47 Å². The van der Waals surface area contributed by atoms with Gasteiger partial charge in [0.15, 0.2) is 5.79 Å². The molecule has 24 heavy (non-hydrogen) atoms. The van der Waals surface area contributed by atoms with Gasteiger partial charge >= 0.3 is 12.4 Å². The highest BCUT2D eigenvalue weighted by atomic mass is 32.2. The highest BCUT2D eigenvalue weighted by Gasteiger charge is 2.42. The highest BCUT2D eigenvalue weighted by Crippen LogP contribution is 2.31. The molecule has 10 heteroatoms. The van der Waals surface area contributed by atoms with Crippen LogP contribution in [-0.2, 0) is 20.2 Å². The molecule has 0 aliphatic carbocycles.